The van der Waals surface area contributed by atoms with Gasteiger partial charge >= 0.3 is 0 Å². The lowest BCUT2D eigenvalue weighted by atomic mass is 9.85. The molecule has 0 fully saturated rings. The molecule has 0 bridgehead atoms. The summed E-state index contributed by atoms with van der Waals surface area (Å²) in [5.74, 6) is -0.995. The smallest absolute Gasteiger partial charge is 0.270 e. The maximum absolute atomic E-state index is 13.4. The van der Waals surface area contributed by atoms with Crippen LogP contribution in [-0.4, -0.2) is 5.71 Å². The number of nitrogens with zero attached hydrogens (tertiary/aromatic N) is 1. The average Bonchev–Trinajstić information content (AvgIpc) is 2.68. The van der Waals surface area contributed by atoms with Crippen LogP contribution in [0.15, 0.2) is 65.6 Å². The maximum atomic E-state index is 13.4. The largest absolute Gasteiger partial charge is 0.347 e. The lowest BCUT2D eigenvalue weighted by Gasteiger charge is -2.22. The lowest BCUT2D eigenvalue weighted by Crippen LogP contribution is -2.13. The summed E-state index contributed by atoms with van der Waals surface area (Å²) in [5.41, 5.74) is 4.19. The molecule has 1 rings (SSSR count). The molecule has 0 spiro atoms. The summed E-state index contributed by atoms with van der Waals surface area (Å²) >= 11 is 0. The van der Waals surface area contributed by atoms with Gasteiger partial charge in [-0.2, -0.15) is 0 Å². The molecule has 0 aromatic heterocycles. The van der Waals surface area contributed by atoms with Crippen LogP contribution in [0, 0.1) is 11.8 Å². The minimum Gasteiger partial charge on any atom is -0.347 e. The number of hydrogen-bond donors (Lipinski definition) is 1. The van der Waals surface area contributed by atoms with Gasteiger partial charge in [-0.05, 0) is 74.3 Å². The van der Waals surface area contributed by atoms with Gasteiger partial charge in [0.1, 0.15) is 5.82 Å². The van der Waals surface area contributed by atoms with Gasteiger partial charge in [0.05, 0.1) is 0 Å². The first kappa shape index (κ1) is 25.8. The van der Waals surface area contributed by atoms with Crippen molar-refractivity contribution in [3.05, 3.63) is 71.7 Å². The summed E-state index contributed by atoms with van der Waals surface area (Å²) < 4.78 is 26.7. The van der Waals surface area contributed by atoms with Crippen molar-refractivity contribution in [2.45, 2.75) is 73.1 Å². The van der Waals surface area contributed by atoms with Crippen LogP contribution >= 0.6 is 0 Å². The molecule has 1 N–H and O–H groups in total. The van der Waals surface area contributed by atoms with E-state index in [2.05, 4.69) is 46.2 Å². The van der Waals surface area contributed by atoms with E-state index < -0.39 is 5.92 Å². The number of allylic oxidation sites excluding steroid dienone is 2. The maximum Gasteiger partial charge on any atom is 0.270 e. The van der Waals surface area contributed by atoms with Crippen LogP contribution < -0.4 is 5.32 Å². The first-order valence-electron chi connectivity index (χ1n) is 10.8. The summed E-state index contributed by atoms with van der Waals surface area (Å²) in [5, 5.41) is 3.16. The van der Waals surface area contributed by atoms with Gasteiger partial charge in [-0.3, -0.25) is 0 Å². The van der Waals surface area contributed by atoms with Gasteiger partial charge in [-0.25, -0.2) is 13.8 Å². The summed E-state index contributed by atoms with van der Waals surface area (Å²) in [6.07, 6.45) is 5.27. The summed E-state index contributed by atoms with van der Waals surface area (Å²) in [6, 6.07) is 6.54. The Morgan fingerprint density at radius 1 is 1.20 bits per heavy atom. The van der Waals surface area contributed by atoms with Crippen molar-refractivity contribution in [2.24, 2.45) is 16.8 Å². The molecule has 0 amide bonds. The molecule has 0 heterocycles. The number of benzene rings is 1. The molecule has 166 valence electrons. The fraction of sp³-hybridized carbons (Fsp3) is 0.500. The molecule has 1 atom stereocenters. The van der Waals surface area contributed by atoms with Gasteiger partial charge in [0.2, 0.25) is 0 Å². The molecule has 0 aliphatic rings. The van der Waals surface area contributed by atoms with Crippen LogP contribution in [0.1, 0.15) is 71.9 Å². The molecule has 2 nitrogen and oxygen atoms in total. The highest BCUT2D eigenvalue weighted by Gasteiger charge is 2.23. The molecule has 0 aliphatic heterocycles. The van der Waals surface area contributed by atoms with E-state index >= 15 is 0 Å². The Labute approximate surface area is 181 Å². The number of nitrogens with one attached hydrogen (secondary N) is 1. The number of aliphatic imine (C=N–C) groups is 1. The van der Waals surface area contributed by atoms with Crippen LogP contribution in [0.5, 0.6) is 0 Å². The summed E-state index contributed by atoms with van der Waals surface area (Å²) in [6.45, 7) is 19.7. The molecular weight excluding hydrogens is 378 g/mol. The standard InChI is InChI=1S/C26H38F2N2/c1-9-23(17-18(3)4)20(6)21(7)25(29-10-2)30-19(5)11-12-22-13-15-24(16-14-22)26(8,27)28/h10,13-16,18,23,29H,2,6,9,11-12,17H2,1,3-5,7-8H3/b25-21+,30-19-. The van der Waals surface area contributed by atoms with E-state index in [1.54, 1.807) is 18.3 Å². The van der Waals surface area contributed by atoms with E-state index in [-0.39, 0.29) is 5.56 Å². The Kier molecular flexibility index (Phi) is 10.2. The highest BCUT2D eigenvalue weighted by atomic mass is 19.3. The monoisotopic (exact) mass is 416 g/mol. The number of alkyl halides is 2. The van der Waals surface area contributed by atoms with Crippen molar-refractivity contribution in [1.82, 2.24) is 5.32 Å². The fourth-order valence-electron chi connectivity index (χ4n) is 3.44. The zero-order valence-corrected chi connectivity index (χ0v) is 19.5. The number of aryl methyl sites for hydroxylation is 1. The first-order chi connectivity index (χ1) is 14.0. The normalized spacial score (nSPS) is 14.4. The molecule has 30 heavy (non-hydrogen) atoms. The van der Waals surface area contributed by atoms with Crippen molar-refractivity contribution in [3.8, 4) is 0 Å². The number of halogens is 2. The molecule has 0 saturated carbocycles. The minimum atomic E-state index is -2.81. The van der Waals surface area contributed by atoms with Crippen LogP contribution in [0.4, 0.5) is 8.78 Å². The van der Waals surface area contributed by atoms with E-state index in [9.17, 15) is 8.78 Å². The predicted octanol–water partition coefficient (Wildman–Crippen LogP) is 7.78. The summed E-state index contributed by atoms with van der Waals surface area (Å²) in [7, 11) is 0. The van der Waals surface area contributed by atoms with Crippen LogP contribution in [0.3, 0.4) is 0 Å². The van der Waals surface area contributed by atoms with Crippen molar-refractivity contribution >= 4 is 5.71 Å². The highest BCUT2D eigenvalue weighted by molar-refractivity contribution is 5.83. The van der Waals surface area contributed by atoms with E-state index in [4.69, 9.17) is 4.99 Å². The van der Waals surface area contributed by atoms with Crippen molar-refractivity contribution in [1.29, 1.82) is 0 Å². The van der Waals surface area contributed by atoms with Crippen LogP contribution in [0.25, 0.3) is 0 Å². The van der Waals surface area contributed by atoms with Gasteiger partial charge in [-0.1, -0.05) is 58.2 Å². The third-order valence-corrected chi connectivity index (χ3v) is 5.36. The molecule has 0 saturated heterocycles. The molecule has 1 aromatic carbocycles. The van der Waals surface area contributed by atoms with Crippen LogP contribution in [0.2, 0.25) is 0 Å². The zero-order valence-electron chi connectivity index (χ0n) is 19.5. The van der Waals surface area contributed by atoms with E-state index in [1.165, 1.54) is 12.1 Å². The summed E-state index contributed by atoms with van der Waals surface area (Å²) in [4.78, 5) is 4.79. The Balaban J connectivity index is 2.94. The molecular formula is C26H38F2N2. The first-order valence-corrected chi connectivity index (χ1v) is 10.8. The van der Waals surface area contributed by atoms with Gasteiger partial charge in [-0.15, -0.1) is 0 Å². The van der Waals surface area contributed by atoms with Crippen molar-refractivity contribution in [3.63, 3.8) is 0 Å². The van der Waals surface area contributed by atoms with Gasteiger partial charge in [0.25, 0.3) is 5.92 Å². The predicted molar refractivity (Wildman–Crippen MR) is 126 cm³/mol. The fourth-order valence-corrected chi connectivity index (χ4v) is 3.44. The molecule has 1 aromatic rings. The third-order valence-electron chi connectivity index (χ3n) is 5.36. The second kappa shape index (κ2) is 11.8. The van der Waals surface area contributed by atoms with Crippen LogP contribution in [-0.2, 0) is 12.3 Å². The van der Waals surface area contributed by atoms with E-state index in [1.807, 2.05) is 6.92 Å². The molecule has 4 heteroatoms. The molecule has 0 aliphatic carbocycles. The molecule has 1 unspecified atom stereocenters. The third kappa shape index (κ3) is 8.25. The topological polar surface area (TPSA) is 24.4 Å². The van der Waals surface area contributed by atoms with E-state index in [0.29, 0.717) is 11.8 Å². The Morgan fingerprint density at radius 3 is 2.27 bits per heavy atom. The minimum absolute atomic E-state index is 0.0399. The van der Waals surface area contributed by atoms with Crippen molar-refractivity contribution < 1.29 is 8.78 Å². The second-order valence-corrected chi connectivity index (χ2v) is 8.51. The number of rotatable bonds is 12. The Hall–Kier alpha value is -2.23. The highest BCUT2D eigenvalue weighted by Crippen LogP contribution is 2.29. The quantitative estimate of drug-likeness (QED) is 0.273. The zero-order chi connectivity index (χ0) is 22.9. The Bertz CT molecular complexity index is 765. The van der Waals surface area contributed by atoms with E-state index in [0.717, 1.165) is 60.8 Å². The van der Waals surface area contributed by atoms with Crippen molar-refractivity contribution in [2.75, 3.05) is 0 Å². The average molecular weight is 417 g/mol. The second-order valence-electron chi connectivity index (χ2n) is 8.51. The Morgan fingerprint density at radius 2 is 1.80 bits per heavy atom. The van der Waals surface area contributed by atoms with Gasteiger partial charge in [0, 0.05) is 18.2 Å². The lowest BCUT2D eigenvalue weighted by molar-refractivity contribution is 0.0174. The van der Waals surface area contributed by atoms with Gasteiger partial charge in [0.15, 0.2) is 0 Å². The molecule has 0 radical (unpaired) electrons. The van der Waals surface area contributed by atoms with Gasteiger partial charge < -0.3 is 5.32 Å². The SMILES string of the molecule is C=CNC(/N=C(/C)CCc1ccc(C(C)(F)F)cc1)=C(/C)C(=C)C(CC)CC(C)C. The number of hydrogen-bond acceptors (Lipinski definition) is 2.